The normalized spacial score (nSPS) is 14.5. The van der Waals surface area contributed by atoms with E-state index in [0.717, 1.165) is 15.2 Å². The number of fused-ring (bicyclic) bond motifs is 1. The average molecular weight is 394 g/mol. The van der Waals surface area contributed by atoms with Gasteiger partial charge >= 0.3 is 5.97 Å². The fourth-order valence-corrected chi connectivity index (χ4v) is 4.13. The Morgan fingerprint density at radius 1 is 1.19 bits per heavy atom. The summed E-state index contributed by atoms with van der Waals surface area (Å²) in [7, 11) is 0. The maximum absolute atomic E-state index is 12.1. The fraction of sp³-hybridized carbons (Fsp3) is 0.438. The summed E-state index contributed by atoms with van der Waals surface area (Å²) in [5, 5.41) is 3.56. The molecule has 0 saturated carbocycles. The SMILES string of the molecule is CC(=O)N1CCN(C(=O)COC(=O)CSc2ncnc3sccc23)CC1. The molecule has 0 bridgehead atoms. The van der Waals surface area contributed by atoms with Gasteiger partial charge in [-0.3, -0.25) is 14.4 Å². The van der Waals surface area contributed by atoms with Crippen molar-refractivity contribution in [1.29, 1.82) is 0 Å². The van der Waals surface area contributed by atoms with Crippen molar-refractivity contribution in [3.8, 4) is 0 Å². The molecule has 2 aromatic rings. The molecule has 10 heteroatoms. The molecular weight excluding hydrogens is 376 g/mol. The van der Waals surface area contributed by atoms with Gasteiger partial charge in [-0.15, -0.1) is 11.3 Å². The molecule has 0 aromatic carbocycles. The summed E-state index contributed by atoms with van der Waals surface area (Å²) < 4.78 is 5.07. The van der Waals surface area contributed by atoms with Crippen LogP contribution in [0, 0.1) is 0 Å². The van der Waals surface area contributed by atoms with E-state index < -0.39 is 5.97 Å². The Bertz CT molecular complexity index is 817. The van der Waals surface area contributed by atoms with Gasteiger partial charge in [-0.2, -0.15) is 0 Å². The minimum absolute atomic E-state index is 0.00463. The van der Waals surface area contributed by atoms with Gasteiger partial charge in [-0.25, -0.2) is 9.97 Å². The van der Waals surface area contributed by atoms with Crippen LogP contribution in [0.25, 0.3) is 10.2 Å². The average Bonchev–Trinajstić information content (AvgIpc) is 3.13. The molecule has 0 radical (unpaired) electrons. The summed E-state index contributed by atoms with van der Waals surface area (Å²) in [4.78, 5) is 47.8. The second kappa shape index (κ2) is 8.45. The Balaban J connectivity index is 1.42. The molecule has 2 aromatic heterocycles. The standard InChI is InChI=1S/C16H18N4O4S2/c1-11(21)19-3-5-20(6-4-19)13(22)8-24-14(23)9-26-16-12-2-7-25-15(12)17-10-18-16/h2,7,10H,3-6,8-9H2,1H3. The van der Waals surface area contributed by atoms with E-state index >= 15 is 0 Å². The highest BCUT2D eigenvalue weighted by molar-refractivity contribution is 8.00. The van der Waals surface area contributed by atoms with Crippen molar-refractivity contribution < 1.29 is 19.1 Å². The first-order valence-electron chi connectivity index (χ1n) is 8.04. The highest BCUT2D eigenvalue weighted by Gasteiger charge is 2.23. The van der Waals surface area contributed by atoms with Crippen LogP contribution in [0.3, 0.4) is 0 Å². The number of rotatable bonds is 5. The van der Waals surface area contributed by atoms with Gasteiger partial charge in [0.05, 0.1) is 5.75 Å². The number of hydrogen-bond donors (Lipinski definition) is 0. The summed E-state index contributed by atoms with van der Waals surface area (Å²) in [6.45, 7) is 3.17. The van der Waals surface area contributed by atoms with E-state index in [4.69, 9.17) is 4.74 Å². The number of carbonyl (C=O) groups excluding carboxylic acids is 3. The molecule has 3 heterocycles. The molecule has 0 N–H and O–H groups in total. The molecule has 26 heavy (non-hydrogen) atoms. The molecule has 1 fully saturated rings. The quantitative estimate of drug-likeness (QED) is 0.425. The molecule has 0 spiro atoms. The Kier molecular flexibility index (Phi) is 6.04. The molecule has 3 rings (SSSR count). The van der Waals surface area contributed by atoms with E-state index in [9.17, 15) is 14.4 Å². The van der Waals surface area contributed by atoms with Gasteiger partial charge in [0.25, 0.3) is 5.91 Å². The summed E-state index contributed by atoms with van der Waals surface area (Å²) in [6.07, 6.45) is 1.47. The number of amides is 2. The zero-order valence-corrected chi connectivity index (χ0v) is 15.8. The second-order valence-corrected chi connectivity index (χ2v) is 7.51. The minimum Gasteiger partial charge on any atom is -0.455 e. The number of piperazine rings is 1. The maximum atomic E-state index is 12.1. The van der Waals surface area contributed by atoms with Crippen LogP contribution >= 0.6 is 23.1 Å². The predicted molar refractivity (Wildman–Crippen MR) is 97.9 cm³/mol. The lowest BCUT2D eigenvalue weighted by Crippen LogP contribution is -2.51. The largest absolute Gasteiger partial charge is 0.455 e. The highest BCUT2D eigenvalue weighted by Crippen LogP contribution is 2.27. The minimum atomic E-state index is -0.465. The maximum Gasteiger partial charge on any atom is 0.316 e. The lowest BCUT2D eigenvalue weighted by molar-refractivity contribution is -0.151. The molecule has 1 saturated heterocycles. The molecular formula is C16H18N4O4S2. The first-order chi connectivity index (χ1) is 12.5. The molecule has 2 amide bonds. The van der Waals surface area contributed by atoms with Gasteiger partial charge in [0, 0.05) is 38.5 Å². The van der Waals surface area contributed by atoms with Crippen molar-refractivity contribution in [2.45, 2.75) is 11.9 Å². The van der Waals surface area contributed by atoms with E-state index in [1.807, 2.05) is 11.4 Å². The third-order valence-electron chi connectivity index (χ3n) is 3.99. The molecule has 0 atom stereocenters. The number of ether oxygens (including phenoxy) is 1. The monoisotopic (exact) mass is 394 g/mol. The van der Waals surface area contributed by atoms with Gasteiger partial charge in [0.1, 0.15) is 16.2 Å². The van der Waals surface area contributed by atoms with Gasteiger partial charge in [0.15, 0.2) is 6.61 Å². The Morgan fingerprint density at radius 2 is 1.92 bits per heavy atom. The van der Waals surface area contributed by atoms with Crippen LogP contribution in [0.2, 0.25) is 0 Å². The molecule has 0 unspecified atom stereocenters. The van der Waals surface area contributed by atoms with Gasteiger partial charge in [0.2, 0.25) is 5.91 Å². The summed E-state index contributed by atoms with van der Waals surface area (Å²) >= 11 is 2.78. The zero-order valence-electron chi connectivity index (χ0n) is 14.2. The third-order valence-corrected chi connectivity index (χ3v) is 5.79. The first-order valence-corrected chi connectivity index (χ1v) is 9.91. The van der Waals surface area contributed by atoms with E-state index in [-0.39, 0.29) is 24.2 Å². The van der Waals surface area contributed by atoms with Crippen LogP contribution in [-0.2, 0) is 19.1 Å². The first kappa shape index (κ1) is 18.6. The van der Waals surface area contributed by atoms with Crippen molar-refractivity contribution in [3.63, 3.8) is 0 Å². The number of thiophene rings is 1. The molecule has 8 nitrogen and oxygen atoms in total. The second-order valence-electron chi connectivity index (χ2n) is 5.65. The van der Waals surface area contributed by atoms with Gasteiger partial charge in [-0.1, -0.05) is 11.8 Å². The lowest BCUT2D eigenvalue weighted by Gasteiger charge is -2.34. The summed E-state index contributed by atoms with van der Waals surface area (Å²) in [6, 6.07) is 1.91. The predicted octanol–water partition coefficient (Wildman–Crippen LogP) is 1.02. The number of nitrogens with zero attached hydrogens (tertiary/aromatic N) is 4. The number of hydrogen-bond acceptors (Lipinski definition) is 8. The van der Waals surface area contributed by atoms with E-state index in [2.05, 4.69) is 9.97 Å². The molecule has 138 valence electrons. The van der Waals surface area contributed by atoms with Crippen LogP contribution in [0.5, 0.6) is 0 Å². The summed E-state index contributed by atoms with van der Waals surface area (Å²) in [5.41, 5.74) is 0. The van der Waals surface area contributed by atoms with E-state index in [1.54, 1.807) is 9.80 Å². The molecule has 1 aliphatic heterocycles. The van der Waals surface area contributed by atoms with Crippen molar-refractivity contribution in [2.75, 3.05) is 38.5 Å². The van der Waals surface area contributed by atoms with Gasteiger partial charge < -0.3 is 14.5 Å². The van der Waals surface area contributed by atoms with Crippen LogP contribution in [0.4, 0.5) is 0 Å². The summed E-state index contributed by atoms with van der Waals surface area (Å²) in [5.74, 6) is -0.626. The number of aromatic nitrogens is 2. The number of esters is 1. The number of carbonyl (C=O) groups is 3. The van der Waals surface area contributed by atoms with Crippen LogP contribution in [0.1, 0.15) is 6.92 Å². The molecule has 0 aliphatic carbocycles. The lowest BCUT2D eigenvalue weighted by atomic mass is 10.3. The van der Waals surface area contributed by atoms with Crippen LogP contribution in [-0.4, -0.2) is 76.1 Å². The van der Waals surface area contributed by atoms with E-state index in [0.29, 0.717) is 26.2 Å². The van der Waals surface area contributed by atoms with Crippen molar-refractivity contribution in [3.05, 3.63) is 17.8 Å². The fourth-order valence-electron chi connectivity index (χ4n) is 2.56. The van der Waals surface area contributed by atoms with Crippen molar-refractivity contribution >= 4 is 51.1 Å². The smallest absolute Gasteiger partial charge is 0.316 e. The topological polar surface area (TPSA) is 92.7 Å². The Labute approximate surface area is 158 Å². The van der Waals surface area contributed by atoms with Crippen molar-refractivity contribution in [2.24, 2.45) is 0 Å². The number of thioether (sulfide) groups is 1. The highest BCUT2D eigenvalue weighted by atomic mass is 32.2. The molecule has 1 aliphatic rings. The van der Waals surface area contributed by atoms with Crippen molar-refractivity contribution in [1.82, 2.24) is 19.8 Å². The Morgan fingerprint density at radius 3 is 2.65 bits per heavy atom. The van der Waals surface area contributed by atoms with E-state index in [1.165, 1.54) is 36.3 Å². The Hall–Kier alpha value is -2.20. The zero-order chi connectivity index (χ0) is 18.5. The van der Waals surface area contributed by atoms with Crippen LogP contribution in [0.15, 0.2) is 22.8 Å². The third kappa shape index (κ3) is 4.50. The van der Waals surface area contributed by atoms with Gasteiger partial charge in [-0.05, 0) is 11.4 Å². The van der Waals surface area contributed by atoms with Crippen LogP contribution < -0.4 is 0 Å².